The Morgan fingerprint density at radius 2 is 2.35 bits per heavy atom. The lowest BCUT2D eigenvalue weighted by Gasteiger charge is -1.99. The zero-order valence-electron chi connectivity index (χ0n) is 11.0. The van der Waals surface area contributed by atoms with Gasteiger partial charge in [-0.25, -0.2) is 0 Å². The first kappa shape index (κ1) is 14.1. The van der Waals surface area contributed by atoms with Gasteiger partial charge in [0.2, 0.25) is 4.77 Å². The molecule has 2 aromatic rings. The van der Waals surface area contributed by atoms with Crippen LogP contribution in [-0.2, 0) is 6.42 Å². The highest BCUT2D eigenvalue weighted by molar-refractivity contribution is 7.71. The van der Waals surface area contributed by atoms with Crippen molar-refractivity contribution in [3.05, 3.63) is 50.0 Å². The van der Waals surface area contributed by atoms with Crippen LogP contribution < -0.4 is 0 Å². The minimum absolute atomic E-state index is 0.0699. The summed E-state index contributed by atoms with van der Waals surface area (Å²) in [6.07, 6.45) is 2.20. The van der Waals surface area contributed by atoms with E-state index in [1.54, 1.807) is 19.1 Å². The number of aromatic amines is 1. The molecule has 1 aromatic heterocycles. The molecule has 1 aromatic carbocycles. The summed E-state index contributed by atoms with van der Waals surface area (Å²) < 4.78 is 1.89. The maximum Gasteiger partial charge on any atom is 0.272 e. The van der Waals surface area contributed by atoms with Crippen LogP contribution in [0.4, 0.5) is 5.69 Å². The van der Waals surface area contributed by atoms with Gasteiger partial charge in [-0.2, -0.15) is 14.9 Å². The molecule has 2 rings (SSSR count). The maximum atomic E-state index is 10.9. The van der Waals surface area contributed by atoms with Gasteiger partial charge in [-0.3, -0.25) is 15.2 Å². The number of rotatable bonds is 4. The zero-order chi connectivity index (χ0) is 14.7. The SMILES string of the molecule is CCc1n[nH]c(=S)n1/N=C\c1ccc(C)c([N+](=O)[O-])c1. The summed E-state index contributed by atoms with van der Waals surface area (Å²) in [5, 5.41) is 21.8. The number of nitrogens with one attached hydrogen (secondary N) is 1. The predicted octanol–water partition coefficient (Wildman–Crippen LogP) is 2.60. The first-order valence-electron chi connectivity index (χ1n) is 5.98. The van der Waals surface area contributed by atoms with Crippen molar-refractivity contribution in [3.8, 4) is 0 Å². The van der Waals surface area contributed by atoms with E-state index in [1.807, 2.05) is 6.92 Å². The third-order valence-corrected chi connectivity index (χ3v) is 3.05. The smallest absolute Gasteiger partial charge is 0.258 e. The largest absolute Gasteiger partial charge is 0.272 e. The summed E-state index contributed by atoms with van der Waals surface area (Å²) in [7, 11) is 0. The molecule has 0 spiro atoms. The molecule has 0 saturated carbocycles. The topological polar surface area (TPSA) is 89.1 Å². The van der Waals surface area contributed by atoms with E-state index in [-0.39, 0.29) is 5.69 Å². The van der Waals surface area contributed by atoms with Crippen molar-refractivity contribution >= 4 is 24.1 Å². The Balaban J connectivity index is 2.37. The number of H-pyrrole nitrogens is 1. The molecule has 8 heteroatoms. The average Bonchev–Trinajstić information content (AvgIpc) is 2.78. The van der Waals surface area contributed by atoms with Gasteiger partial charge in [-0.05, 0) is 19.1 Å². The van der Waals surface area contributed by atoms with Crippen LogP contribution in [0.25, 0.3) is 0 Å². The van der Waals surface area contributed by atoms with E-state index in [0.29, 0.717) is 28.1 Å². The Hall–Kier alpha value is -2.35. The van der Waals surface area contributed by atoms with Crippen LogP contribution in [0, 0.1) is 21.8 Å². The lowest BCUT2D eigenvalue weighted by Crippen LogP contribution is -1.98. The van der Waals surface area contributed by atoms with Crippen LogP contribution in [0.2, 0.25) is 0 Å². The highest BCUT2D eigenvalue weighted by Gasteiger charge is 2.10. The molecule has 0 amide bonds. The van der Waals surface area contributed by atoms with Crippen molar-refractivity contribution in [2.24, 2.45) is 5.10 Å². The molecular formula is C12H13N5O2S. The number of aromatic nitrogens is 3. The van der Waals surface area contributed by atoms with Crippen molar-refractivity contribution in [2.75, 3.05) is 0 Å². The standard InChI is InChI=1S/C12H13N5O2S/c1-3-11-14-15-12(20)16(11)13-7-9-5-4-8(2)10(6-9)17(18)19/h4-7H,3H2,1-2H3,(H,15,20)/b13-7-. The van der Waals surface area contributed by atoms with Crippen molar-refractivity contribution in [2.45, 2.75) is 20.3 Å². The van der Waals surface area contributed by atoms with Crippen LogP contribution in [-0.4, -0.2) is 26.0 Å². The fourth-order valence-corrected chi connectivity index (χ4v) is 1.90. The van der Waals surface area contributed by atoms with E-state index < -0.39 is 4.92 Å². The summed E-state index contributed by atoms with van der Waals surface area (Å²) in [6, 6.07) is 4.93. The molecule has 0 aliphatic rings. The molecule has 0 atom stereocenters. The molecule has 1 heterocycles. The van der Waals surface area contributed by atoms with E-state index in [2.05, 4.69) is 15.3 Å². The summed E-state index contributed by atoms with van der Waals surface area (Å²) in [5.41, 5.74) is 1.31. The number of aryl methyl sites for hydroxylation is 2. The van der Waals surface area contributed by atoms with Gasteiger partial charge in [-0.1, -0.05) is 19.1 Å². The van der Waals surface area contributed by atoms with Gasteiger partial charge in [0.25, 0.3) is 5.69 Å². The average molecular weight is 291 g/mol. The summed E-state index contributed by atoms with van der Waals surface area (Å²) >= 11 is 5.07. The van der Waals surface area contributed by atoms with Crippen LogP contribution in [0.3, 0.4) is 0 Å². The molecule has 20 heavy (non-hydrogen) atoms. The predicted molar refractivity (Wildman–Crippen MR) is 77.6 cm³/mol. The lowest BCUT2D eigenvalue weighted by molar-refractivity contribution is -0.385. The van der Waals surface area contributed by atoms with E-state index in [9.17, 15) is 10.1 Å². The fourth-order valence-electron chi connectivity index (χ4n) is 1.70. The van der Waals surface area contributed by atoms with Gasteiger partial charge in [0.1, 0.15) is 0 Å². The second kappa shape index (κ2) is 5.74. The molecule has 1 N–H and O–H groups in total. The van der Waals surface area contributed by atoms with E-state index in [4.69, 9.17) is 12.2 Å². The van der Waals surface area contributed by atoms with Gasteiger partial charge in [0.05, 0.1) is 11.1 Å². The Bertz CT molecular complexity index is 732. The third kappa shape index (κ3) is 2.80. The van der Waals surface area contributed by atoms with Gasteiger partial charge in [-0.15, -0.1) is 0 Å². The first-order chi connectivity index (χ1) is 9.52. The second-order valence-electron chi connectivity index (χ2n) is 4.16. The molecule has 0 aliphatic heterocycles. The Morgan fingerprint density at radius 3 is 3.00 bits per heavy atom. The van der Waals surface area contributed by atoms with Crippen LogP contribution >= 0.6 is 12.2 Å². The summed E-state index contributed by atoms with van der Waals surface area (Å²) in [4.78, 5) is 10.5. The van der Waals surface area contributed by atoms with Crippen molar-refractivity contribution in [1.82, 2.24) is 14.9 Å². The van der Waals surface area contributed by atoms with Gasteiger partial charge < -0.3 is 0 Å². The van der Waals surface area contributed by atoms with Crippen LogP contribution in [0.1, 0.15) is 23.9 Å². The number of nitro groups is 1. The number of nitrogens with zero attached hydrogens (tertiary/aromatic N) is 4. The molecule has 7 nitrogen and oxygen atoms in total. The van der Waals surface area contributed by atoms with Crippen molar-refractivity contribution < 1.29 is 4.92 Å². The molecule has 0 radical (unpaired) electrons. The highest BCUT2D eigenvalue weighted by atomic mass is 32.1. The quantitative estimate of drug-likeness (QED) is 0.406. The lowest BCUT2D eigenvalue weighted by atomic mass is 10.1. The molecule has 0 bridgehead atoms. The Labute approximate surface area is 120 Å². The maximum absolute atomic E-state index is 10.9. The molecule has 0 unspecified atom stereocenters. The second-order valence-corrected chi connectivity index (χ2v) is 4.54. The Morgan fingerprint density at radius 1 is 1.60 bits per heavy atom. The van der Waals surface area contributed by atoms with Gasteiger partial charge >= 0.3 is 0 Å². The molecular weight excluding hydrogens is 278 g/mol. The zero-order valence-corrected chi connectivity index (χ0v) is 11.8. The van der Waals surface area contributed by atoms with Gasteiger partial charge in [0, 0.05) is 23.6 Å². The van der Waals surface area contributed by atoms with Crippen LogP contribution in [0.5, 0.6) is 0 Å². The Kier molecular flexibility index (Phi) is 4.04. The third-order valence-electron chi connectivity index (χ3n) is 2.79. The first-order valence-corrected chi connectivity index (χ1v) is 6.39. The van der Waals surface area contributed by atoms with Gasteiger partial charge in [0.15, 0.2) is 5.82 Å². The monoisotopic (exact) mass is 291 g/mol. The summed E-state index contributed by atoms with van der Waals surface area (Å²) in [5.74, 6) is 0.702. The van der Waals surface area contributed by atoms with E-state index in [0.717, 1.165) is 0 Å². The minimum atomic E-state index is -0.409. The van der Waals surface area contributed by atoms with Crippen molar-refractivity contribution in [3.63, 3.8) is 0 Å². The molecule has 0 saturated heterocycles. The molecule has 0 fully saturated rings. The van der Waals surface area contributed by atoms with E-state index >= 15 is 0 Å². The van der Waals surface area contributed by atoms with Crippen molar-refractivity contribution in [1.29, 1.82) is 0 Å². The summed E-state index contributed by atoms with van der Waals surface area (Å²) in [6.45, 7) is 3.63. The van der Waals surface area contributed by atoms with Crippen LogP contribution in [0.15, 0.2) is 23.3 Å². The van der Waals surface area contributed by atoms with E-state index in [1.165, 1.54) is 17.0 Å². The minimum Gasteiger partial charge on any atom is -0.258 e. The fraction of sp³-hybridized carbons (Fsp3) is 0.250. The number of hydrogen-bond acceptors (Lipinski definition) is 5. The molecule has 104 valence electrons. The molecule has 0 aliphatic carbocycles. The number of hydrogen-bond donors (Lipinski definition) is 1. The number of nitro benzene ring substituents is 1. The normalized spacial score (nSPS) is 11.1. The number of benzene rings is 1. The highest BCUT2D eigenvalue weighted by Crippen LogP contribution is 2.18.